The Bertz CT molecular complexity index is 395. The molecule has 18 heavy (non-hydrogen) atoms. The third-order valence-electron chi connectivity index (χ3n) is 2.88. The van der Waals surface area contributed by atoms with Crippen LogP contribution in [0.3, 0.4) is 0 Å². The minimum Gasteiger partial charge on any atom is -0.461 e. The van der Waals surface area contributed by atoms with Crippen molar-refractivity contribution in [1.29, 1.82) is 0 Å². The van der Waals surface area contributed by atoms with Gasteiger partial charge in [-0.15, -0.1) is 0 Å². The number of likely N-dealkylation sites (N-methyl/N-ethyl adjacent to an activating group) is 1. The van der Waals surface area contributed by atoms with Gasteiger partial charge in [-0.05, 0) is 52.1 Å². The van der Waals surface area contributed by atoms with Crippen molar-refractivity contribution in [1.82, 2.24) is 4.90 Å². The molecule has 1 rings (SSSR count). The van der Waals surface area contributed by atoms with Gasteiger partial charge in [-0.25, -0.2) is 4.79 Å². The van der Waals surface area contributed by atoms with Crippen molar-refractivity contribution in [3.05, 3.63) is 34.3 Å². The predicted molar refractivity (Wildman–Crippen MR) is 76.8 cm³/mol. The Balaban J connectivity index is 2.40. The number of carbonyl (C=O) groups is 1. The molecule has 0 bridgehead atoms. The lowest BCUT2D eigenvalue weighted by atomic mass is 10.1. The summed E-state index contributed by atoms with van der Waals surface area (Å²) in [6.45, 7) is 7.52. The minimum atomic E-state index is -0.273. The molecule has 0 unspecified atom stereocenters. The van der Waals surface area contributed by atoms with Crippen molar-refractivity contribution in [3.8, 4) is 0 Å². The largest absolute Gasteiger partial charge is 0.461 e. The summed E-state index contributed by atoms with van der Waals surface area (Å²) in [7, 11) is 2.02. The van der Waals surface area contributed by atoms with E-state index in [1.807, 2.05) is 19.2 Å². The van der Waals surface area contributed by atoms with Crippen LogP contribution in [-0.4, -0.2) is 36.6 Å². The van der Waals surface area contributed by atoms with Gasteiger partial charge in [0, 0.05) is 16.6 Å². The maximum Gasteiger partial charge on any atom is 0.338 e. The Morgan fingerprint density at radius 1 is 1.28 bits per heavy atom. The highest BCUT2D eigenvalue weighted by molar-refractivity contribution is 9.10. The predicted octanol–water partition coefficient (Wildman–Crippen LogP) is 3.34. The van der Waals surface area contributed by atoms with Gasteiger partial charge in [-0.1, -0.05) is 15.9 Å². The molecule has 0 aliphatic carbocycles. The first-order valence-corrected chi connectivity index (χ1v) is 6.74. The molecule has 0 radical (unpaired) electrons. The molecule has 1 aromatic carbocycles. The van der Waals surface area contributed by atoms with Gasteiger partial charge in [-0.3, -0.25) is 4.90 Å². The standard InChI is InChI=1S/C14H20BrNO2/c1-14(2,3)16(4)9-10-18-13(17)11-5-7-12(15)8-6-11/h5-8H,9-10H2,1-4H3. The lowest BCUT2D eigenvalue weighted by Gasteiger charge is -2.31. The van der Waals surface area contributed by atoms with E-state index in [1.165, 1.54) is 0 Å². The number of esters is 1. The Kier molecular flexibility index (Phi) is 5.35. The summed E-state index contributed by atoms with van der Waals surface area (Å²) in [6.07, 6.45) is 0. The van der Waals surface area contributed by atoms with Gasteiger partial charge in [-0.2, -0.15) is 0 Å². The van der Waals surface area contributed by atoms with Crippen LogP contribution in [0.5, 0.6) is 0 Å². The molecule has 3 nitrogen and oxygen atoms in total. The molecule has 0 amide bonds. The lowest BCUT2D eigenvalue weighted by molar-refractivity contribution is 0.0423. The number of hydrogen-bond donors (Lipinski definition) is 0. The van der Waals surface area contributed by atoms with E-state index in [0.29, 0.717) is 12.2 Å². The van der Waals surface area contributed by atoms with Gasteiger partial charge in [0.25, 0.3) is 0 Å². The van der Waals surface area contributed by atoms with Crippen LogP contribution >= 0.6 is 15.9 Å². The van der Waals surface area contributed by atoms with E-state index in [1.54, 1.807) is 12.1 Å². The number of nitrogens with zero attached hydrogens (tertiary/aromatic N) is 1. The quantitative estimate of drug-likeness (QED) is 0.798. The fourth-order valence-corrected chi connectivity index (χ4v) is 1.54. The highest BCUT2D eigenvalue weighted by atomic mass is 79.9. The maximum atomic E-state index is 11.7. The summed E-state index contributed by atoms with van der Waals surface area (Å²) in [6, 6.07) is 7.16. The monoisotopic (exact) mass is 313 g/mol. The molecule has 0 heterocycles. The van der Waals surface area contributed by atoms with Gasteiger partial charge in [0.05, 0.1) is 5.56 Å². The van der Waals surface area contributed by atoms with Gasteiger partial charge >= 0.3 is 5.97 Å². The molecule has 0 N–H and O–H groups in total. The van der Waals surface area contributed by atoms with Crippen LogP contribution in [0.2, 0.25) is 0 Å². The number of carbonyl (C=O) groups excluding carboxylic acids is 1. The zero-order valence-corrected chi connectivity index (χ0v) is 13.0. The summed E-state index contributed by atoms with van der Waals surface area (Å²) in [5, 5.41) is 0. The third kappa shape index (κ3) is 4.78. The highest BCUT2D eigenvalue weighted by Gasteiger charge is 2.17. The number of halogens is 1. The topological polar surface area (TPSA) is 29.5 Å². The van der Waals surface area contributed by atoms with E-state index < -0.39 is 0 Å². The Morgan fingerprint density at radius 2 is 1.83 bits per heavy atom. The number of benzene rings is 1. The summed E-state index contributed by atoms with van der Waals surface area (Å²) in [4.78, 5) is 13.9. The van der Waals surface area contributed by atoms with Crippen LogP contribution in [-0.2, 0) is 4.74 Å². The first-order valence-electron chi connectivity index (χ1n) is 5.94. The van der Waals surface area contributed by atoms with Gasteiger partial charge in [0.15, 0.2) is 0 Å². The molecule has 0 aromatic heterocycles. The number of rotatable bonds is 4. The van der Waals surface area contributed by atoms with Crippen LogP contribution in [0.4, 0.5) is 0 Å². The van der Waals surface area contributed by atoms with E-state index in [0.717, 1.165) is 11.0 Å². The molecule has 0 saturated heterocycles. The molecule has 4 heteroatoms. The fraction of sp³-hybridized carbons (Fsp3) is 0.500. The first-order chi connectivity index (χ1) is 8.30. The summed E-state index contributed by atoms with van der Waals surface area (Å²) < 4.78 is 6.19. The second kappa shape index (κ2) is 6.34. The first kappa shape index (κ1) is 15.2. The minimum absolute atomic E-state index is 0.0873. The Labute approximate surface area is 117 Å². The molecule has 0 fully saturated rings. The van der Waals surface area contributed by atoms with Gasteiger partial charge in [0.1, 0.15) is 6.61 Å². The van der Waals surface area contributed by atoms with Crippen molar-refractivity contribution in [2.75, 3.05) is 20.2 Å². The Hall–Kier alpha value is -0.870. The molecule has 0 spiro atoms. The van der Waals surface area contributed by atoms with Crippen molar-refractivity contribution in [2.45, 2.75) is 26.3 Å². The Morgan fingerprint density at radius 3 is 2.33 bits per heavy atom. The van der Waals surface area contributed by atoms with E-state index >= 15 is 0 Å². The van der Waals surface area contributed by atoms with Crippen molar-refractivity contribution >= 4 is 21.9 Å². The van der Waals surface area contributed by atoms with E-state index in [-0.39, 0.29) is 11.5 Å². The van der Waals surface area contributed by atoms with Crippen LogP contribution in [0.25, 0.3) is 0 Å². The maximum absolute atomic E-state index is 11.7. The van der Waals surface area contributed by atoms with Crippen molar-refractivity contribution < 1.29 is 9.53 Å². The molecule has 0 saturated carbocycles. The lowest BCUT2D eigenvalue weighted by Crippen LogP contribution is -2.40. The zero-order valence-electron chi connectivity index (χ0n) is 11.4. The third-order valence-corrected chi connectivity index (χ3v) is 3.41. The van der Waals surface area contributed by atoms with Crippen LogP contribution < -0.4 is 0 Å². The number of hydrogen-bond acceptors (Lipinski definition) is 3. The van der Waals surface area contributed by atoms with Crippen molar-refractivity contribution in [2.24, 2.45) is 0 Å². The van der Waals surface area contributed by atoms with Crippen LogP contribution in [0, 0.1) is 0 Å². The van der Waals surface area contributed by atoms with E-state index in [4.69, 9.17) is 4.74 Å². The molecule has 0 aliphatic rings. The second-order valence-corrected chi connectivity index (χ2v) is 6.15. The average Bonchev–Trinajstić information content (AvgIpc) is 2.28. The summed E-state index contributed by atoms with van der Waals surface area (Å²) >= 11 is 3.33. The van der Waals surface area contributed by atoms with E-state index in [2.05, 4.69) is 41.6 Å². The zero-order chi connectivity index (χ0) is 13.8. The van der Waals surface area contributed by atoms with Crippen LogP contribution in [0.15, 0.2) is 28.7 Å². The molecule has 100 valence electrons. The fourth-order valence-electron chi connectivity index (χ4n) is 1.28. The molecular weight excluding hydrogens is 294 g/mol. The van der Waals surface area contributed by atoms with Crippen LogP contribution in [0.1, 0.15) is 31.1 Å². The highest BCUT2D eigenvalue weighted by Crippen LogP contribution is 2.12. The molecule has 0 aliphatic heterocycles. The van der Waals surface area contributed by atoms with E-state index in [9.17, 15) is 4.79 Å². The SMILES string of the molecule is CN(CCOC(=O)c1ccc(Br)cc1)C(C)(C)C. The number of ether oxygens (including phenoxy) is 1. The summed E-state index contributed by atoms with van der Waals surface area (Å²) in [5.41, 5.74) is 0.668. The van der Waals surface area contributed by atoms with Gasteiger partial charge in [0.2, 0.25) is 0 Å². The second-order valence-electron chi connectivity index (χ2n) is 5.24. The smallest absolute Gasteiger partial charge is 0.338 e. The average molecular weight is 314 g/mol. The normalized spacial score (nSPS) is 11.7. The molecule has 0 atom stereocenters. The van der Waals surface area contributed by atoms with Gasteiger partial charge < -0.3 is 4.74 Å². The van der Waals surface area contributed by atoms with Crippen molar-refractivity contribution in [3.63, 3.8) is 0 Å². The molecule has 1 aromatic rings. The molecular formula is C14H20BrNO2. The summed E-state index contributed by atoms with van der Waals surface area (Å²) in [5.74, 6) is -0.273.